The van der Waals surface area contributed by atoms with Crippen molar-refractivity contribution in [3.63, 3.8) is 0 Å². The summed E-state index contributed by atoms with van der Waals surface area (Å²) in [6.45, 7) is 4.24. The van der Waals surface area contributed by atoms with Gasteiger partial charge < -0.3 is 10.6 Å². The van der Waals surface area contributed by atoms with Crippen molar-refractivity contribution in [2.45, 2.75) is 37.6 Å². The van der Waals surface area contributed by atoms with E-state index in [4.69, 9.17) is 0 Å². The van der Waals surface area contributed by atoms with Crippen LogP contribution in [0.5, 0.6) is 0 Å². The third-order valence-corrected chi connectivity index (χ3v) is 6.83. The number of aromatic nitrogens is 1. The van der Waals surface area contributed by atoms with E-state index in [0.29, 0.717) is 24.1 Å². The second-order valence-electron chi connectivity index (χ2n) is 7.53. The van der Waals surface area contributed by atoms with Crippen LogP contribution in [-0.4, -0.2) is 48.7 Å². The normalized spacial score (nSPS) is 15.7. The minimum absolute atomic E-state index is 0.0210. The number of nitrogens with zero attached hydrogens (tertiary/aromatic N) is 2. The van der Waals surface area contributed by atoms with Gasteiger partial charge in [-0.3, -0.25) is 14.6 Å². The average Bonchev–Trinajstić information content (AvgIpc) is 2.74. The number of anilines is 1. The second kappa shape index (κ2) is 9.36. The summed E-state index contributed by atoms with van der Waals surface area (Å²) >= 11 is 0. The monoisotopic (exact) mass is 430 g/mol. The number of piperidine rings is 1. The molecule has 0 atom stereocenters. The van der Waals surface area contributed by atoms with E-state index in [-0.39, 0.29) is 41.8 Å². The molecule has 1 fully saturated rings. The van der Waals surface area contributed by atoms with Crippen molar-refractivity contribution in [2.75, 3.05) is 18.4 Å². The summed E-state index contributed by atoms with van der Waals surface area (Å²) in [5.41, 5.74) is 0.849. The van der Waals surface area contributed by atoms with Crippen LogP contribution in [0.25, 0.3) is 0 Å². The highest BCUT2D eigenvalue weighted by Crippen LogP contribution is 2.25. The number of rotatable bonds is 6. The number of carbonyl (C=O) groups excluding carboxylic acids is 2. The van der Waals surface area contributed by atoms with Gasteiger partial charge in [0.2, 0.25) is 15.9 Å². The Labute approximate surface area is 176 Å². The first-order valence-corrected chi connectivity index (χ1v) is 11.3. The van der Waals surface area contributed by atoms with Crippen molar-refractivity contribution in [3.05, 3.63) is 54.4 Å². The zero-order valence-electron chi connectivity index (χ0n) is 17.0. The van der Waals surface area contributed by atoms with Crippen LogP contribution in [-0.2, 0) is 14.8 Å². The number of para-hydroxylation sites is 1. The zero-order valence-corrected chi connectivity index (χ0v) is 17.9. The van der Waals surface area contributed by atoms with E-state index in [9.17, 15) is 18.0 Å². The van der Waals surface area contributed by atoms with Crippen LogP contribution >= 0.6 is 0 Å². The van der Waals surface area contributed by atoms with Crippen LogP contribution in [0.2, 0.25) is 0 Å². The Hall–Kier alpha value is -2.78. The molecule has 0 unspecified atom stereocenters. The fourth-order valence-electron chi connectivity index (χ4n) is 3.37. The molecule has 1 aliphatic heterocycles. The van der Waals surface area contributed by atoms with E-state index >= 15 is 0 Å². The van der Waals surface area contributed by atoms with Gasteiger partial charge in [0.1, 0.15) is 4.90 Å². The second-order valence-corrected chi connectivity index (χ2v) is 9.47. The van der Waals surface area contributed by atoms with Gasteiger partial charge in [-0.25, -0.2) is 8.42 Å². The molecule has 2 amide bonds. The van der Waals surface area contributed by atoms with Crippen molar-refractivity contribution in [2.24, 2.45) is 5.92 Å². The lowest BCUT2D eigenvalue weighted by Gasteiger charge is -2.30. The Morgan fingerprint density at radius 2 is 1.80 bits per heavy atom. The molecule has 0 spiro atoms. The molecule has 30 heavy (non-hydrogen) atoms. The first-order valence-electron chi connectivity index (χ1n) is 9.90. The Bertz CT molecular complexity index is 1000. The summed E-state index contributed by atoms with van der Waals surface area (Å²) in [4.78, 5) is 29.2. The third kappa shape index (κ3) is 5.03. The molecule has 2 heterocycles. The number of sulfonamides is 1. The highest BCUT2D eigenvalue weighted by molar-refractivity contribution is 7.89. The van der Waals surface area contributed by atoms with Gasteiger partial charge in [-0.1, -0.05) is 12.1 Å². The van der Waals surface area contributed by atoms with Crippen molar-refractivity contribution in [1.29, 1.82) is 0 Å². The van der Waals surface area contributed by atoms with Gasteiger partial charge in [0.25, 0.3) is 5.91 Å². The summed E-state index contributed by atoms with van der Waals surface area (Å²) in [6.07, 6.45) is 3.67. The lowest BCUT2D eigenvalue weighted by atomic mass is 9.97. The van der Waals surface area contributed by atoms with Gasteiger partial charge in [0, 0.05) is 37.4 Å². The number of carbonyl (C=O) groups is 2. The van der Waals surface area contributed by atoms with E-state index in [1.165, 1.54) is 22.8 Å². The van der Waals surface area contributed by atoms with E-state index in [2.05, 4.69) is 15.6 Å². The molecular weight excluding hydrogens is 404 g/mol. The quantitative estimate of drug-likeness (QED) is 0.731. The molecule has 0 bridgehead atoms. The summed E-state index contributed by atoms with van der Waals surface area (Å²) in [5.74, 6) is -0.789. The molecule has 0 radical (unpaired) electrons. The smallest absolute Gasteiger partial charge is 0.253 e. The molecule has 1 aromatic carbocycles. The van der Waals surface area contributed by atoms with Gasteiger partial charge in [0.15, 0.2) is 0 Å². The minimum atomic E-state index is -3.61. The average molecular weight is 431 g/mol. The third-order valence-electron chi connectivity index (χ3n) is 4.95. The van der Waals surface area contributed by atoms with Crippen molar-refractivity contribution < 1.29 is 18.0 Å². The van der Waals surface area contributed by atoms with Crippen LogP contribution in [0.1, 0.15) is 37.0 Å². The number of hydrogen-bond donors (Lipinski definition) is 2. The van der Waals surface area contributed by atoms with E-state index in [0.717, 1.165) is 0 Å². The van der Waals surface area contributed by atoms with Crippen molar-refractivity contribution >= 4 is 27.5 Å². The standard InChI is InChI=1S/C21H26N4O4S/c1-15(2)23-21(27)18-7-3-4-8-19(18)24-20(26)16-9-12-25(13-10-16)30(28,29)17-6-5-11-22-14-17/h3-8,11,14-16H,9-10,12-13H2,1-2H3,(H,23,27)(H,24,26). The van der Waals surface area contributed by atoms with Gasteiger partial charge >= 0.3 is 0 Å². The maximum Gasteiger partial charge on any atom is 0.253 e. The summed E-state index contributed by atoms with van der Waals surface area (Å²) < 4.78 is 26.8. The molecule has 1 saturated heterocycles. The Kier molecular flexibility index (Phi) is 6.84. The van der Waals surface area contributed by atoms with Gasteiger partial charge in [0.05, 0.1) is 11.3 Å². The van der Waals surface area contributed by atoms with Crippen LogP contribution in [0.3, 0.4) is 0 Å². The molecule has 0 saturated carbocycles. The van der Waals surface area contributed by atoms with Crippen molar-refractivity contribution in [3.8, 4) is 0 Å². The van der Waals surface area contributed by atoms with Gasteiger partial charge in [-0.05, 0) is 51.0 Å². The molecule has 0 aliphatic carbocycles. The molecule has 2 aromatic rings. The van der Waals surface area contributed by atoms with E-state index in [1.807, 2.05) is 13.8 Å². The zero-order chi connectivity index (χ0) is 21.7. The number of benzene rings is 1. The largest absolute Gasteiger partial charge is 0.350 e. The Morgan fingerprint density at radius 1 is 1.10 bits per heavy atom. The molecule has 2 N–H and O–H groups in total. The highest BCUT2D eigenvalue weighted by Gasteiger charge is 2.32. The topological polar surface area (TPSA) is 108 Å². The van der Waals surface area contributed by atoms with E-state index in [1.54, 1.807) is 30.3 Å². The number of hydrogen-bond acceptors (Lipinski definition) is 5. The SMILES string of the molecule is CC(C)NC(=O)c1ccccc1NC(=O)C1CCN(S(=O)(=O)c2cccnc2)CC1. The fraction of sp³-hybridized carbons (Fsp3) is 0.381. The Morgan fingerprint density at radius 3 is 2.43 bits per heavy atom. The van der Waals surface area contributed by atoms with Crippen molar-refractivity contribution in [1.82, 2.24) is 14.6 Å². The van der Waals surface area contributed by atoms with Crippen LogP contribution in [0.4, 0.5) is 5.69 Å². The number of pyridine rings is 1. The molecule has 9 heteroatoms. The van der Waals surface area contributed by atoms with Gasteiger partial charge in [-0.15, -0.1) is 0 Å². The predicted molar refractivity (Wildman–Crippen MR) is 113 cm³/mol. The van der Waals surface area contributed by atoms with Crippen LogP contribution < -0.4 is 10.6 Å². The predicted octanol–water partition coefficient (Wildman–Crippen LogP) is 2.26. The highest BCUT2D eigenvalue weighted by atomic mass is 32.2. The maximum atomic E-state index is 12.8. The Balaban J connectivity index is 1.64. The van der Waals surface area contributed by atoms with Crippen LogP contribution in [0.15, 0.2) is 53.7 Å². The minimum Gasteiger partial charge on any atom is -0.350 e. The fourth-order valence-corrected chi connectivity index (χ4v) is 4.81. The van der Waals surface area contributed by atoms with E-state index < -0.39 is 10.0 Å². The molecule has 3 rings (SSSR count). The molecule has 1 aliphatic rings. The molecule has 160 valence electrons. The first kappa shape index (κ1) is 21.9. The summed E-state index contributed by atoms with van der Waals surface area (Å²) in [5, 5.41) is 5.66. The molecule has 1 aromatic heterocycles. The molecule has 8 nitrogen and oxygen atoms in total. The summed E-state index contributed by atoms with van der Waals surface area (Å²) in [6, 6.07) is 9.93. The number of amides is 2. The molecular formula is C21H26N4O4S. The lowest BCUT2D eigenvalue weighted by Crippen LogP contribution is -2.41. The van der Waals surface area contributed by atoms with Gasteiger partial charge in [-0.2, -0.15) is 4.31 Å². The first-order chi connectivity index (χ1) is 14.3. The summed E-state index contributed by atoms with van der Waals surface area (Å²) in [7, 11) is -3.61. The maximum absolute atomic E-state index is 12.8. The number of nitrogens with one attached hydrogen (secondary N) is 2. The van der Waals surface area contributed by atoms with Crippen LogP contribution in [0, 0.1) is 5.92 Å². The lowest BCUT2D eigenvalue weighted by molar-refractivity contribution is -0.120.